The minimum Gasteiger partial charge on any atom is -0.264 e. The van der Waals surface area contributed by atoms with E-state index >= 15 is 0 Å². The smallest absolute Gasteiger partial charge is 0.160 e. The summed E-state index contributed by atoms with van der Waals surface area (Å²) in [6, 6.07) is 55.1. The Kier molecular flexibility index (Phi) is 7.45. The summed E-state index contributed by atoms with van der Waals surface area (Å²) in [5, 5.41) is 4.77. The van der Waals surface area contributed by atoms with Crippen LogP contribution in [-0.4, -0.2) is 19.9 Å². The van der Waals surface area contributed by atoms with Crippen molar-refractivity contribution in [2.24, 2.45) is 0 Å². The quantitative estimate of drug-likeness (QED) is 0.182. The van der Waals surface area contributed by atoms with Gasteiger partial charge in [0.05, 0.1) is 11.4 Å². The van der Waals surface area contributed by atoms with Gasteiger partial charge in [-0.15, -0.1) is 0 Å². The van der Waals surface area contributed by atoms with Gasteiger partial charge in [-0.1, -0.05) is 146 Å². The molecular formula is C46H30N4. The molecule has 234 valence electrons. The Morgan fingerprint density at radius 2 is 0.880 bits per heavy atom. The maximum atomic E-state index is 5.14. The van der Waals surface area contributed by atoms with Crippen LogP contribution in [0.15, 0.2) is 183 Å². The molecule has 0 spiro atoms. The molecule has 50 heavy (non-hydrogen) atoms. The number of benzene rings is 6. The van der Waals surface area contributed by atoms with Crippen molar-refractivity contribution in [1.82, 2.24) is 19.9 Å². The van der Waals surface area contributed by atoms with Crippen molar-refractivity contribution in [3.63, 3.8) is 0 Å². The van der Waals surface area contributed by atoms with E-state index in [2.05, 4.69) is 156 Å². The van der Waals surface area contributed by atoms with Crippen LogP contribution in [-0.2, 0) is 0 Å². The first kappa shape index (κ1) is 29.4. The zero-order chi connectivity index (χ0) is 33.3. The van der Waals surface area contributed by atoms with E-state index in [1.54, 1.807) is 6.20 Å². The minimum atomic E-state index is 0.681. The molecule has 9 rings (SSSR count). The summed E-state index contributed by atoms with van der Waals surface area (Å²) in [4.78, 5) is 19.0. The monoisotopic (exact) mass is 638 g/mol. The van der Waals surface area contributed by atoms with Gasteiger partial charge in [0.2, 0.25) is 0 Å². The molecule has 4 nitrogen and oxygen atoms in total. The number of hydrogen-bond donors (Lipinski definition) is 0. The van der Waals surface area contributed by atoms with E-state index in [0.29, 0.717) is 5.82 Å². The van der Waals surface area contributed by atoms with Crippen molar-refractivity contribution >= 4 is 21.5 Å². The normalized spacial score (nSPS) is 11.2. The Hall–Kier alpha value is -6.78. The summed E-state index contributed by atoms with van der Waals surface area (Å²) in [6.07, 6.45) is 7.53. The lowest BCUT2D eigenvalue weighted by Gasteiger charge is -2.12. The van der Waals surface area contributed by atoms with Gasteiger partial charge in [-0.2, -0.15) is 0 Å². The van der Waals surface area contributed by atoms with Crippen LogP contribution in [0.3, 0.4) is 0 Å². The summed E-state index contributed by atoms with van der Waals surface area (Å²) in [7, 11) is 0. The molecule has 0 aliphatic rings. The lowest BCUT2D eigenvalue weighted by atomic mass is 9.97. The molecule has 0 saturated heterocycles. The number of rotatable bonds is 6. The standard InChI is InChI=1S/C46H30N4/c1-3-11-40-32(7-1)9-5-13-41(40)33-18-24-37(25-19-33)46-49-44(35-20-14-31(15-21-35)38-10-6-26-47-28-38)27-45(50-46)36-22-16-34(17-23-36)43-30-48-29-39-8-2-4-12-42(39)43/h1-30H. The Morgan fingerprint density at radius 3 is 1.56 bits per heavy atom. The molecule has 0 N–H and O–H groups in total. The Morgan fingerprint density at radius 1 is 0.320 bits per heavy atom. The van der Waals surface area contributed by atoms with Crippen LogP contribution < -0.4 is 0 Å². The first-order valence-corrected chi connectivity index (χ1v) is 16.7. The number of pyridine rings is 2. The van der Waals surface area contributed by atoms with Crippen molar-refractivity contribution in [1.29, 1.82) is 0 Å². The van der Waals surface area contributed by atoms with Crippen LogP contribution in [0.1, 0.15) is 0 Å². The zero-order valence-corrected chi connectivity index (χ0v) is 27.1. The van der Waals surface area contributed by atoms with Crippen LogP contribution in [0.25, 0.3) is 88.8 Å². The van der Waals surface area contributed by atoms with Crippen LogP contribution in [0, 0.1) is 0 Å². The van der Waals surface area contributed by atoms with Crippen molar-refractivity contribution in [3.8, 4) is 67.3 Å². The summed E-state index contributed by atoms with van der Waals surface area (Å²) in [5.74, 6) is 0.681. The molecule has 0 fully saturated rings. The lowest BCUT2D eigenvalue weighted by molar-refractivity contribution is 1.18. The van der Waals surface area contributed by atoms with Crippen LogP contribution in [0.4, 0.5) is 0 Å². The maximum Gasteiger partial charge on any atom is 0.160 e. The predicted octanol–water partition coefficient (Wildman–Crippen LogP) is 11.6. The van der Waals surface area contributed by atoms with Gasteiger partial charge in [-0.3, -0.25) is 9.97 Å². The van der Waals surface area contributed by atoms with E-state index in [9.17, 15) is 0 Å². The van der Waals surface area contributed by atoms with E-state index in [1.807, 2.05) is 30.7 Å². The van der Waals surface area contributed by atoms with Crippen LogP contribution in [0.5, 0.6) is 0 Å². The van der Waals surface area contributed by atoms with Gasteiger partial charge in [0.15, 0.2) is 5.82 Å². The Bertz CT molecular complexity index is 2460. The van der Waals surface area contributed by atoms with Crippen molar-refractivity contribution in [2.45, 2.75) is 0 Å². The molecule has 0 aliphatic heterocycles. The number of fused-ring (bicyclic) bond motifs is 2. The van der Waals surface area contributed by atoms with Crippen molar-refractivity contribution in [3.05, 3.63) is 183 Å². The third-order valence-corrected chi connectivity index (χ3v) is 9.31. The molecule has 0 radical (unpaired) electrons. The second-order valence-electron chi connectivity index (χ2n) is 12.4. The number of nitrogens with zero attached hydrogens (tertiary/aromatic N) is 4. The van der Waals surface area contributed by atoms with Gasteiger partial charge in [0.25, 0.3) is 0 Å². The lowest BCUT2D eigenvalue weighted by Crippen LogP contribution is -1.96. The van der Waals surface area contributed by atoms with E-state index in [0.717, 1.165) is 61.3 Å². The SMILES string of the molecule is c1cncc(-c2ccc(-c3cc(-c4ccc(-c5cncc6ccccc56)cc4)nc(-c4ccc(-c5cccc6ccccc56)cc4)n3)cc2)c1. The minimum absolute atomic E-state index is 0.681. The fourth-order valence-electron chi connectivity index (χ4n) is 6.68. The first-order valence-electron chi connectivity index (χ1n) is 16.7. The molecule has 0 saturated carbocycles. The maximum absolute atomic E-state index is 5.14. The molecule has 0 bridgehead atoms. The highest BCUT2D eigenvalue weighted by atomic mass is 14.9. The molecule has 9 aromatic rings. The molecule has 0 amide bonds. The van der Waals surface area contributed by atoms with E-state index in [4.69, 9.17) is 9.97 Å². The highest BCUT2D eigenvalue weighted by molar-refractivity contribution is 5.97. The predicted molar refractivity (Wildman–Crippen MR) is 205 cm³/mol. The van der Waals surface area contributed by atoms with Gasteiger partial charge >= 0.3 is 0 Å². The molecule has 0 atom stereocenters. The second kappa shape index (κ2) is 12.7. The van der Waals surface area contributed by atoms with Gasteiger partial charge in [-0.25, -0.2) is 9.97 Å². The van der Waals surface area contributed by atoms with E-state index in [1.165, 1.54) is 21.7 Å². The average molecular weight is 639 g/mol. The fourth-order valence-corrected chi connectivity index (χ4v) is 6.68. The molecule has 3 heterocycles. The van der Waals surface area contributed by atoms with Crippen molar-refractivity contribution < 1.29 is 0 Å². The third-order valence-electron chi connectivity index (χ3n) is 9.31. The fraction of sp³-hybridized carbons (Fsp3) is 0. The summed E-state index contributed by atoms with van der Waals surface area (Å²) >= 11 is 0. The third kappa shape index (κ3) is 5.59. The molecule has 6 aromatic carbocycles. The van der Waals surface area contributed by atoms with Gasteiger partial charge in [0.1, 0.15) is 0 Å². The molecule has 0 unspecified atom stereocenters. The van der Waals surface area contributed by atoms with Crippen molar-refractivity contribution in [2.75, 3.05) is 0 Å². The van der Waals surface area contributed by atoms with Crippen LogP contribution >= 0.6 is 0 Å². The summed E-state index contributed by atoms with van der Waals surface area (Å²) in [6.45, 7) is 0. The van der Waals surface area contributed by atoms with Gasteiger partial charge in [0, 0.05) is 52.4 Å². The van der Waals surface area contributed by atoms with Crippen LogP contribution in [0.2, 0.25) is 0 Å². The highest BCUT2D eigenvalue weighted by Gasteiger charge is 2.13. The molecule has 0 aliphatic carbocycles. The van der Waals surface area contributed by atoms with E-state index < -0.39 is 0 Å². The molecule has 4 heteroatoms. The number of hydrogen-bond acceptors (Lipinski definition) is 4. The zero-order valence-electron chi connectivity index (χ0n) is 27.1. The number of aromatic nitrogens is 4. The average Bonchev–Trinajstić information content (AvgIpc) is 3.21. The topological polar surface area (TPSA) is 51.6 Å². The largest absolute Gasteiger partial charge is 0.264 e. The van der Waals surface area contributed by atoms with E-state index in [-0.39, 0.29) is 0 Å². The molecular weight excluding hydrogens is 609 g/mol. The molecule has 3 aromatic heterocycles. The Balaban J connectivity index is 1.12. The second-order valence-corrected chi connectivity index (χ2v) is 12.4. The summed E-state index contributed by atoms with van der Waals surface area (Å²) < 4.78 is 0. The Labute approximate surface area is 290 Å². The first-order chi connectivity index (χ1) is 24.8. The van der Waals surface area contributed by atoms with Gasteiger partial charge < -0.3 is 0 Å². The summed E-state index contributed by atoms with van der Waals surface area (Å²) in [5.41, 5.74) is 11.5. The highest BCUT2D eigenvalue weighted by Crippen LogP contribution is 2.34. The van der Waals surface area contributed by atoms with Gasteiger partial charge in [-0.05, 0) is 56.1 Å².